The van der Waals surface area contributed by atoms with Crippen LogP contribution in [0.5, 0.6) is 0 Å². The van der Waals surface area contributed by atoms with Gasteiger partial charge in [-0.3, -0.25) is 0 Å². The Labute approximate surface area is 170 Å². The number of hydrogen-bond donors (Lipinski definition) is 2. The van der Waals surface area contributed by atoms with Crippen molar-refractivity contribution in [3.8, 4) is 11.4 Å². The summed E-state index contributed by atoms with van der Waals surface area (Å²) in [4.78, 5) is 13.5. The lowest BCUT2D eigenvalue weighted by atomic mass is 10.3. The summed E-state index contributed by atoms with van der Waals surface area (Å²) in [6, 6.07) is 8.23. The molecule has 0 saturated carbocycles. The van der Waals surface area contributed by atoms with Crippen molar-refractivity contribution in [3.63, 3.8) is 0 Å². The second kappa shape index (κ2) is 8.97. The third-order valence-corrected chi connectivity index (χ3v) is 5.77. The first-order valence-electron chi connectivity index (χ1n) is 9.34. The van der Waals surface area contributed by atoms with E-state index in [1.165, 1.54) is 18.2 Å². The first kappa shape index (κ1) is 20.7. The third-order valence-electron chi connectivity index (χ3n) is 4.33. The van der Waals surface area contributed by atoms with Gasteiger partial charge in [0.1, 0.15) is 5.82 Å². The summed E-state index contributed by atoms with van der Waals surface area (Å²) in [6.07, 6.45) is 5.85. The molecule has 29 heavy (non-hydrogen) atoms. The van der Waals surface area contributed by atoms with E-state index in [0.29, 0.717) is 11.6 Å². The fraction of sp³-hybridized carbons (Fsp3) is 0.250. The van der Waals surface area contributed by atoms with Crippen LogP contribution in [0.4, 0.5) is 11.6 Å². The zero-order chi connectivity index (χ0) is 20.9. The molecule has 0 saturated heterocycles. The lowest BCUT2D eigenvalue weighted by molar-refractivity contribution is 0.585. The van der Waals surface area contributed by atoms with Crippen molar-refractivity contribution in [2.24, 2.45) is 0 Å². The second-order valence-corrected chi connectivity index (χ2v) is 7.98. The quantitative estimate of drug-likeness (QED) is 0.524. The fourth-order valence-electron chi connectivity index (χ4n) is 2.91. The molecule has 2 heterocycles. The maximum atomic E-state index is 12.1. The molecular weight excluding hydrogens is 388 g/mol. The molecule has 3 aromatic rings. The van der Waals surface area contributed by atoms with Gasteiger partial charge in [-0.25, -0.2) is 28.1 Å². The van der Waals surface area contributed by atoms with Crippen LogP contribution < -0.4 is 10.0 Å². The van der Waals surface area contributed by atoms with Gasteiger partial charge in [0.15, 0.2) is 0 Å². The van der Waals surface area contributed by atoms with E-state index in [2.05, 4.69) is 50.0 Å². The van der Waals surface area contributed by atoms with Gasteiger partial charge in [0.05, 0.1) is 22.5 Å². The molecule has 0 radical (unpaired) electrons. The Balaban J connectivity index is 1.81. The lowest BCUT2D eigenvalue weighted by Gasteiger charge is -2.10. The van der Waals surface area contributed by atoms with Crippen LogP contribution in [0.3, 0.4) is 0 Å². The zero-order valence-electron chi connectivity index (χ0n) is 16.5. The molecule has 0 bridgehead atoms. The van der Waals surface area contributed by atoms with Crippen LogP contribution in [-0.4, -0.2) is 34.5 Å². The van der Waals surface area contributed by atoms with Gasteiger partial charge >= 0.3 is 0 Å². The van der Waals surface area contributed by atoms with E-state index < -0.39 is 10.0 Å². The zero-order valence-corrected chi connectivity index (χ0v) is 17.3. The highest BCUT2D eigenvalue weighted by Crippen LogP contribution is 2.22. The van der Waals surface area contributed by atoms with Gasteiger partial charge in [0.2, 0.25) is 16.0 Å². The highest BCUT2D eigenvalue weighted by molar-refractivity contribution is 7.89. The van der Waals surface area contributed by atoms with Crippen molar-refractivity contribution in [2.75, 3.05) is 11.9 Å². The summed E-state index contributed by atoms with van der Waals surface area (Å²) < 4.78 is 28.8. The molecule has 1 aromatic carbocycles. The Morgan fingerprint density at radius 3 is 2.55 bits per heavy atom. The Morgan fingerprint density at radius 2 is 1.90 bits per heavy atom. The number of hydrogen-bond acceptors (Lipinski definition) is 6. The molecule has 0 amide bonds. The van der Waals surface area contributed by atoms with E-state index >= 15 is 0 Å². The smallest absolute Gasteiger partial charge is 0.240 e. The monoisotopic (exact) mass is 412 g/mol. The summed E-state index contributed by atoms with van der Waals surface area (Å²) in [5.74, 6) is 1.43. The van der Waals surface area contributed by atoms with E-state index in [-0.39, 0.29) is 11.4 Å². The Bertz CT molecular complexity index is 1090. The van der Waals surface area contributed by atoms with Gasteiger partial charge in [0.25, 0.3) is 0 Å². The Morgan fingerprint density at radius 1 is 1.14 bits per heavy atom. The standard InChI is InChI=1S/C20H24N6O2S/c1-4-12-23-29(27,28)16-9-7-15(8-10-16)24-20-21-13-11-17(25-20)18-14-22-19(5-2)26(18)6-3/h4,7-11,13-14,23H,1,5-6,12H2,2-3H3,(H,21,24,25). The molecule has 0 atom stereocenters. The molecule has 2 aromatic heterocycles. The van der Waals surface area contributed by atoms with Crippen LogP contribution in [0.2, 0.25) is 0 Å². The predicted octanol–water partition coefficient (Wildman–Crippen LogP) is 3.13. The van der Waals surface area contributed by atoms with Crippen molar-refractivity contribution in [2.45, 2.75) is 31.7 Å². The second-order valence-electron chi connectivity index (χ2n) is 6.21. The van der Waals surface area contributed by atoms with E-state index in [1.807, 2.05) is 12.3 Å². The molecule has 3 rings (SSSR count). The molecule has 9 heteroatoms. The number of anilines is 2. The maximum absolute atomic E-state index is 12.1. The average molecular weight is 413 g/mol. The maximum Gasteiger partial charge on any atom is 0.240 e. The predicted molar refractivity (Wildman–Crippen MR) is 113 cm³/mol. The average Bonchev–Trinajstić information content (AvgIpc) is 3.16. The fourth-order valence-corrected chi connectivity index (χ4v) is 3.91. The molecule has 0 spiro atoms. The molecule has 0 unspecified atom stereocenters. The van der Waals surface area contributed by atoms with Gasteiger partial charge in [0, 0.05) is 31.4 Å². The number of aryl methyl sites for hydroxylation is 1. The molecule has 0 aliphatic rings. The molecular formula is C20H24N6O2S. The van der Waals surface area contributed by atoms with E-state index in [9.17, 15) is 8.42 Å². The summed E-state index contributed by atoms with van der Waals surface area (Å²) in [5, 5.41) is 3.11. The van der Waals surface area contributed by atoms with Crippen molar-refractivity contribution in [3.05, 3.63) is 61.2 Å². The molecule has 0 aliphatic heterocycles. The SMILES string of the molecule is C=CCNS(=O)(=O)c1ccc(Nc2nccc(-c3cnc(CC)n3CC)n2)cc1. The number of nitrogens with zero attached hydrogens (tertiary/aromatic N) is 4. The van der Waals surface area contributed by atoms with Crippen LogP contribution in [-0.2, 0) is 23.0 Å². The number of sulfonamides is 1. The van der Waals surface area contributed by atoms with Crippen LogP contribution >= 0.6 is 0 Å². The lowest BCUT2D eigenvalue weighted by Crippen LogP contribution is -2.23. The van der Waals surface area contributed by atoms with Gasteiger partial charge in [-0.05, 0) is 37.3 Å². The third kappa shape index (κ3) is 4.69. The molecule has 0 fully saturated rings. The highest BCUT2D eigenvalue weighted by atomic mass is 32.2. The summed E-state index contributed by atoms with van der Waals surface area (Å²) in [6.45, 7) is 8.64. The summed E-state index contributed by atoms with van der Waals surface area (Å²) in [7, 11) is -3.55. The number of aromatic nitrogens is 4. The Hall–Kier alpha value is -3.04. The van der Waals surface area contributed by atoms with Gasteiger partial charge < -0.3 is 9.88 Å². The van der Waals surface area contributed by atoms with Gasteiger partial charge in [-0.1, -0.05) is 13.0 Å². The summed E-state index contributed by atoms with van der Waals surface area (Å²) in [5.41, 5.74) is 2.39. The topological polar surface area (TPSA) is 102 Å². The number of rotatable bonds is 9. The number of imidazole rings is 1. The largest absolute Gasteiger partial charge is 0.327 e. The molecule has 8 nitrogen and oxygen atoms in total. The minimum Gasteiger partial charge on any atom is -0.327 e. The Kier molecular flexibility index (Phi) is 6.40. The van der Waals surface area contributed by atoms with Crippen LogP contribution in [0.1, 0.15) is 19.7 Å². The van der Waals surface area contributed by atoms with Crippen molar-refractivity contribution < 1.29 is 8.42 Å². The molecule has 2 N–H and O–H groups in total. The number of nitrogens with one attached hydrogen (secondary N) is 2. The van der Waals surface area contributed by atoms with Crippen molar-refractivity contribution >= 4 is 21.7 Å². The van der Waals surface area contributed by atoms with E-state index in [0.717, 1.165) is 30.2 Å². The van der Waals surface area contributed by atoms with E-state index in [4.69, 9.17) is 0 Å². The summed E-state index contributed by atoms with van der Waals surface area (Å²) >= 11 is 0. The highest BCUT2D eigenvalue weighted by Gasteiger charge is 2.13. The minimum atomic E-state index is -3.55. The first-order valence-corrected chi connectivity index (χ1v) is 10.8. The van der Waals surface area contributed by atoms with Crippen LogP contribution in [0.25, 0.3) is 11.4 Å². The van der Waals surface area contributed by atoms with Crippen LogP contribution in [0, 0.1) is 0 Å². The van der Waals surface area contributed by atoms with Gasteiger partial charge in [-0.2, -0.15) is 0 Å². The van der Waals surface area contributed by atoms with Crippen molar-refractivity contribution in [1.29, 1.82) is 0 Å². The first-order chi connectivity index (χ1) is 14.0. The molecule has 0 aliphatic carbocycles. The van der Waals surface area contributed by atoms with Crippen LogP contribution in [0.15, 0.2) is 60.3 Å². The van der Waals surface area contributed by atoms with Gasteiger partial charge in [-0.15, -0.1) is 6.58 Å². The van der Waals surface area contributed by atoms with E-state index in [1.54, 1.807) is 18.3 Å². The molecule has 152 valence electrons. The van der Waals surface area contributed by atoms with Crippen molar-refractivity contribution in [1.82, 2.24) is 24.2 Å². The normalized spacial score (nSPS) is 11.4. The number of benzene rings is 1. The minimum absolute atomic E-state index is 0.178.